The van der Waals surface area contributed by atoms with Gasteiger partial charge in [0.2, 0.25) is 0 Å². The van der Waals surface area contributed by atoms with Crippen LogP contribution in [0.15, 0.2) is 11.6 Å². The van der Waals surface area contributed by atoms with E-state index >= 15 is 0 Å². The van der Waals surface area contributed by atoms with Gasteiger partial charge in [-0.2, -0.15) is 0 Å². The molecule has 1 heterocycles. The highest BCUT2D eigenvalue weighted by atomic mass is 32.2. The number of esters is 2. The van der Waals surface area contributed by atoms with Gasteiger partial charge in [-0.3, -0.25) is 18.6 Å². The molecule has 8 atom stereocenters. The number of rotatable bonds is 5. The summed E-state index contributed by atoms with van der Waals surface area (Å²) in [5.41, 5.74) is -0.123. The zero-order valence-corrected chi connectivity index (χ0v) is 21.1. The van der Waals surface area contributed by atoms with Gasteiger partial charge >= 0.3 is 11.9 Å². The molecule has 1 saturated heterocycles. The lowest BCUT2D eigenvalue weighted by Gasteiger charge is -2.62. The maximum Gasteiger partial charge on any atom is 0.309 e. The van der Waals surface area contributed by atoms with Gasteiger partial charge in [-0.1, -0.05) is 19.4 Å². The second-order valence-electron chi connectivity index (χ2n) is 11.2. The fourth-order valence-corrected chi connectivity index (χ4v) is 8.87. The van der Waals surface area contributed by atoms with Crippen molar-refractivity contribution in [2.45, 2.75) is 76.9 Å². The standard InChI is InChI=1S/C25H34O8S/c1-23-8-5-15(26)11-14(23)12-16(22(28)29-3)20-17-6-9-25(10-7-19(27)31-25)24(17,2)13-18(21(20)23)32-34-33-30-4/h11,16-18,20-21H,5-10,12-13H2,1-4H3/t16-,17?,18?,20?,21?,23?,24?,25-/m1/s1. The van der Waals surface area contributed by atoms with Crippen LogP contribution in [-0.4, -0.2) is 43.6 Å². The Hall–Kier alpha value is -1.42. The molecule has 0 aromatic rings. The van der Waals surface area contributed by atoms with Gasteiger partial charge in [0, 0.05) is 18.3 Å². The number of methoxy groups -OCH3 is 1. The van der Waals surface area contributed by atoms with Crippen LogP contribution in [0.2, 0.25) is 0 Å². The van der Waals surface area contributed by atoms with Crippen LogP contribution >= 0.6 is 12.3 Å². The lowest BCUT2D eigenvalue weighted by molar-refractivity contribution is -0.199. The molecule has 0 radical (unpaired) electrons. The highest BCUT2D eigenvalue weighted by molar-refractivity contribution is 7.89. The second kappa shape index (κ2) is 8.61. The molecule has 5 aliphatic rings. The van der Waals surface area contributed by atoms with E-state index in [1.165, 1.54) is 14.2 Å². The first kappa shape index (κ1) is 24.3. The van der Waals surface area contributed by atoms with Gasteiger partial charge in [-0.15, -0.1) is 4.33 Å². The molecule has 1 aliphatic heterocycles. The lowest BCUT2D eigenvalue weighted by Crippen LogP contribution is -2.62. The van der Waals surface area contributed by atoms with Gasteiger partial charge in [-0.25, -0.2) is 4.89 Å². The molecule has 8 nitrogen and oxygen atoms in total. The third-order valence-electron chi connectivity index (χ3n) is 10.0. The van der Waals surface area contributed by atoms with E-state index in [-0.39, 0.29) is 58.3 Å². The third kappa shape index (κ3) is 3.41. The number of hydrogen-bond donors (Lipinski definition) is 0. The van der Waals surface area contributed by atoms with Crippen LogP contribution in [-0.2, 0) is 37.3 Å². The average Bonchev–Trinajstić information content (AvgIpc) is 3.33. The maximum absolute atomic E-state index is 13.2. The van der Waals surface area contributed by atoms with Crippen LogP contribution in [0.3, 0.4) is 0 Å². The first-order valence-electron chi connectivity index (χ1n) is 12.3. The molecule has 6 unspecified atom stereocenters. The van der Waals surface area contributed by atoms with Crippen molar-refractivity contribution in [3.63, 3.8) is 0 Å². The summed E-state index contributed by atoms with van der Waals surface area (Å²) in [6.45, 7) is 4.43. The molecule has 3 saturated carbocycles. The van der Waals surface area contributed by atoms with Crippen LogP contribution < -0.4 is 0 Å². The van der Waals surface area contributed by atoms with Crippen molar-refractivity contribution in [1.82, 2.24) is 0 Å². The summed E-state index contributed by atoms with van der Waals surface area (Å²) in [5, 5.41) is 0. The first-order chi connectivity index (χ1) is 16.2. The zero-order chi connectivity index (χ0) is 24.3. The summed E-state index contributed by atoms with van der Waals surface area (Å²) < 4.78 is 22.7. The van der Waals surface area contributed by atoms with E-state index in [1.54, 1.807) is 6.08 Å². The highest BCUT2D eigenvalue weighted by Crippen LogP contribution is 2.71. The SMILES string of the molecule is COOSOC1CC2(C)C(CC[C@@]23CCC(=O)O3)C2C1C1(C)CCC(=O)C=C1C[C@H]2C(=O)OC. The van der Waals surface area contributed by atoms with E-state index in [9.17, 15) is 14.4 Å². The van der Waals surface area contributed by atoms with Gasteiger partial charge in [0.25, 0.3) is 0 Å². The van der Waals surface area contributed by atoms with Gasteiger partial charge in [0.1, 0.15) is 5.60 Å². The van der Waals surface area contributed by atoms with E-state index in [2.05, 4.69) is 13.8 Å². The molecule has 4 fully saturated rings. The summed E-state index contributed by atoms with van der Waals surface area (Å²) in [4.78, 5) is 42.6. The fourth-order valence-electron chi connectivity index (χ4n) is 8.50. The minimum atomic E-state index is -0.533. The molecule has 188 valence electrons. The predicted octanol–water partition coefficient (Wildman–Crippen LogP) is 4.13. The number of ether oxygens (including phenoxy) is 2. The molecule has 34 heavy (non-hydrogen) atoms. The van der Waals surface area contributed by atoms with E-state index in [0.717, 1.165) is 37.2 Å². The van der Waals surface area contributed by atoms with Crippen LogP contribution in [0, 0.1) is 34.5 Å². The smallest absolute Gasteiger partial charge is 0.309 e. The highest BCUT2D eigenvalue weighted by Gasteiger charge is 2.71. The van der Waals surface area contributed by atoms with Crippen molar-refractivity contribution < 1.29 is 37.3 Å². The van der Waals surface area contributed by atoms with E-state index in [4.69, 9.17) is 22.9 Å². The normalized spacial score (nSPS) is 45.3. The molecule has 4 aliphatic carbocycles. The topological polar surface area (TPSA) is 97.4 Å². The Labute approximate surface area is 204 Å². The molecule has 0 aromatic heterocycles. The number of hydrogen-bond acceptors (Lipinski definition) is 9. The fraction of sp³-hybridized carbons (Fsp3) is 0.800. The van der Waals surface area contributed by atoms with Crippen molar-refractivity contribution >= 4 is 30.0 Å². The summed E-state index contributed by atoms with van der Waals surface area (Å²) in [6, 6.07) is 0. The molecule has 1 spiro atoms. The van der Waals surface area contributed by atoms with E-state index in [1.807, 2.05) is 0 Å². The van der Waals surface area contributed by atoms with Crippen LogP contribution in [0.25, 0.3) is 0 Å². The van der Waals surface area contributed by atoms with Crippen LogP contribution in [0.1, 0.15) is 65.2 Å². The third-order valence-corrected chi connectivity index (χ3v) is 10.5. The molecular weight excluding hydrogens is 460 g/mol. The summed E-state index contributed by atoms with van der Waals surface area (Å²) >= 11 is 0.801. The Morgan fingerprint density at radius 2 is 1.94 bits per heavy atom. The largest absolute Gasteiger partial charge is 0.469 e. The Balaban J connectivity index is 1.62. The monoisotopic (exact) mass is 494 g/mol. The maximum atomic E-state index is 13.2. The molecule has 0 amide bonds. The minimum Gasteiger partial charge on any atom is -0.469 e. The van der Waals surface area contributed by atoms with Gasteiger partial charge in [0.05, 0.1) is 26.2 Å². The van der Waals surface area contributed by atoms with Crippen molar-refractivity contribution in [3.8, 4) is 0 Å². The second-order valence-corrected chi connectivity index (χ2v) is 11.6. The summed E-state index contributed by atoms with van der Waals surface area (Å²) in [5.74, 6) is -0.508. The Morgan fingerprint density at radius 1 is 1.15 bits per heavy atom. The number of fused-ring (bicyclic) bond motifs is 6. The zero-order valence-electron chi connectivity index (χ0n) is 20.3. The number of ketones is 1. The number of carbonyl (C=O) groups excluding carboxylic acids is 3. The van der Waals surface area contributed by atoms with Crippen molar-refractivity contribution in [3.05, 3.63) is 11.6 Å². The number of allylic oxidation sites excluding steroid dienone is 1. The van der Waals surface area contributed by atoms with Crippen molar-refractivity contribution in [2.75, 3.05) is 14.2 Å². The molecule has 5 rings (SSSR count). The van der Waals surface area contributed by atoms with Crippen molar-refractivity contribution in [2.24, 2.45) is 34.5 Å². The Morgan fingerprint density at radius 3 is 2.62 bits per heavy atom. The number of carbonyl (C=O) groups is 3. The minimum absolute atomic E-state index is 0.0111. The van der Waals surface area contributed by atoms with Gasteiger partial charge in [-0.05, 0) is 67.8 Å². The average molecular weight is 495 g/mol. The molecule has 0 aromatic carbocycles. The summed E-state index contributed by atoms with van der Waals surface area (Å²) in [6.07, 6.45) is 6.70. The molecule has 0 N–H and O–H groups in total. The molecule has 9 heteroatoms. The first-order valence-corrected chi connectivity index (χ1v) is 12.9. The quantitative estimate of drug-likeness (QED) is 0.184. The predicted molar refractivity (Wildman–Crippen MR) is 122 cm³/mol. The molecular formula is C25H34O8S. The Kier molecular flexibility index (Phi) is 6.15. The lowest BCUT2D eigenvalue weighted by atomic mass is 9.43. The van der Waals surface area contributed by atoms with Gasteiger partial charge < -0.3 is 9.47 Å². The van der Waals surface area contributed by atoms with Gasteiger partial charge in [0.15, 0.2) is 18.1 Å². The molecule has 0 bridgehead atoms. The summed E-state index contributed by atoms with van der Waals surface area (Å²) in [7, 11) is 2.85. The van der Waals surface area contributed by atoms with E-state index < -0.39 is 5.60 Å². The van der Waals surface area contributed by atoms with Crippen molar-refractivity contribution in [1.29, 1.82) is 0 Å². The van der Waals surface area contributed by atoms with Crippen LogP contribution in [0.4, 0.5) is 0 Å². The Bertz CT molecular complexity index is 919. The van der Waals surface area contributed by atoms with E-state index in [0.29, 0.717) is 32.1 Å². The van der Waals surface area contributed by atoms with Crippen LogP contribution in [0.5, 0.6) is 0 Å².